The highest BCUT2D eigenvalue weighted by molar-refractivity contribution is 5.72. The van der Waals surface area contributed by atoms with Crippen LogP contribution in [-0.2, 0) is 34.1 Å². The van der Waals surface area contributed by atoms with Gasteiger partial charge in [-0.25, -0.2) is 0 Å². The Labute approximate surface area is 389 Å². The maximum Gasteiger partial charge on any atom is 0.174 e. The monoisotopic (exact) mass is 881 g/mol. The Bertz CT molecular complexity index is 2060. The highest BCUT2D eigenvalue weighted by Gasteiger charge is 2.60. The quantitative estimate of drug-likeness (QED) is 0.278. The molecule has 2 aromatic carbocycles. The normalized spacial score (nSPS) is 26.3. The summed E-state index contributed by atoms with van der Waals surface area (Å²) >= 11 is 0. The van der Waals surface area contributed by atoms with Crippen LogP contribution in [0.15, 0.2) is 35.3 Å². The minimum absolute atomic E-state index is 0.0494. The van der Waals surface area contributed by atoms with E-state index in [2.05, 4.69) is 75.6 Å². The summed E-state index contributed by atoms with van der Waals surface area (Å²) in [5, 5.41) is 20.6. The van der Waals surface area contributed by atoms with Crippen molar-refractivity contribution in [3.8, 4) is 35.1 Å². The van der Waals surface area contributed by atoms with E-state index in [1.54, 1.807) is 0 Å². The van der Waals surface area contributed by atoms with Crippen molar-refractivity contribution in [2.45, 2.75) is 191 Å². The molecule has 5 atom stereocenters. The fraction of sp³-hybridized carbons (Fsp3) is 0.673. The zero-order valence-electron chi connectivity index (χ0n) is 43.1. The van der Waals surface area contributed by atoms with E-state index in [4.69, 9.17) is 23.7 Å². The third-order valence-electron chi connectivity index (χ3n) is 13.6. The van der Waals surface area contributed by atoms with E-state index in [1.165, 1.54) is 47.1 Å². The molecule has 64 heavy (non-hydrogen) atoms. The lowest BCUT2D eigenvalue weighted by Gasteiger charge is -2.39. The van der Waals surface area contributed by atoms with E-state index in [-0.39, 0.29) is 28.5 Å². The number of nitrogens with zero attached hydrogens (tertiary/aromatic N) is 4. The standard InChI is InChI=1S/C45H54N4O5.5C2H6/c1-26-17-29(20-46)39-42(30(26)21-47)53-36-19-34-38(32(41(36)54-39)22-48-11-9-8-10-12-48)45(25-44(34,6)7)24-43(4,5)33-18-35-40(52-28(3)27(2)51-35)31(37(33)45)23-49-13-15-50-16-14-49;5*1-2/h17-19,27-30H,8-16,22-25H2,1-7H3;5*1-2H3. The molecule has 9 rings (SSSR count). The van der Waals surface area contributed by atoms with Crippen LogP contribution in [0.25, 0.3) is 0 Å². The second-order valence-corrected chi connectivity index (χ2v) is 18.3. The lowest BCUT2D eigenvalue weighted by atomic mass is 9.70. The minimum Gasteiger partial charge on any atom is -0.483 e. The van der Waals surface area contributed by atoms with Crippen LogP contribution < -0.4 is 18.9 Å². The summed E-state index contributed by atoms with van der Waals surface area (Å²) in [5.41, 5.74) is 7.91. The van der Waals surface area contributed by atoms with Crippen molar-refractivity contribution in [2.24, 2.45) is 11.8 Å². The summed E-state index contributed by atoms with van der Waals surface area (Å²) in [6.07, 6.45) is 7.20. The van der Waals surface area contributed by atoms with Crippen molar-refractivity contribution in [3.63, 3.8) is 0 Å². The molecule has 2 saturated heterocycles. The second-order valence-electron chi connectivity index (χ2n) is 18.3. The third kappa shape index (κ3) is 9.61. The van der Waals surface area contributed by atoms with Crippen LogP contribution in [0.2, 0.25) is 0 Å². The molecule has 1 spiro atoms. The molecule has 4 heterocycles. The van der Waals surface area contributed by atoms with Crippen LogP contribution in [0.5, 0.6) is 23.0 Å². The van der Waals surface area contributed by atoms with Crippen molar-refractivity contribution in [3.05, 3.63) is 68.7 Å². The van der Waals surface area contributed by atoms with Gasteiger partial charge < -0.3 is 23.7 Å². The van der Waals surface area contributed by atoms with E-state index in [0.29, 0.717) is 23.0 Å². The first kappa shape index (κ1) is 52.6. The van der Waals surface area contributed by atoms with Crippen molar-refractivity contribution in [2.75, 3.05) is 39.4 Å². The van der Waals surface area contributed by atoms with Gasteiger partial charge in [-0.1, -0.05) is 115 Å². The van der Waals surface area contributed by atoms with Crippen LogP contribution in [0.1, 0.15) is 183 Å². The molecule has 2 aromatic rings. The van der Waals surface area contributed by atoms with Crippen molar-refractivity contribution in [1.29, 1.82) is 10.5 Å². The number of piperidine rings is 1. The van der Waals surface area contributed by atoms with E-state index in [9.17, 15) is 10.5 Å². The fourth-order valence-corrected chi connectivity index (χ4v) is 11.0. The predicted molar refractivity (Wildman–Crippen MR) is 261 cm³/mol. The molecule has 0 radical (unpaired) electrons. The van der Waals surface area contributed by atoms with Gasteiger partial charge in [0.25, 0.3) is 0 Å². The number of nitriles is 2. The van der Waals surface area contributed by atoms with Gasteiger partial charge in [-0.05, 0) is 105 Å². The number of fused-ring (bicyclic) bond motifs is 6. The Morgan fingerprint density at radius 2 is 1.12 bits per heavy atom. The summed E-state index contributed by atoms with van der Waals surface area (Å²) in [4.78, 5) is 5.10. The minimum atomic E-state index is -0.626. The first-order valence-corrected chi connectivity index (χ1v) is 25.2. The van der Waals surface area contributed by atoms with Gasteiger partial charge in [0.1, 0.15) is 24.0 Å². The number of hydrogen-bond acceptors (Lipinski definition) is 9. The molecule has 0 saturated carbocycles. The van der Waals surface area contributed by atoms with E-state index >= 15 is 0 Å². The smallest absolute Gasteiger partial charge is 0.174 e. The molecule has 0 bridgehead atoms. The van der Waals surface area contributed by atoms with E-state index in [1.807, 2.05) is 82.2 Å². The van der Waals surface area contributed by atoms with Gasteiger partial charge >= 0.3 is 0 Å². The number of rotatable bonds is 4. The first-order chi connectivity index (χ1) is 30.8. The average molecular weight is 881 g/mol. The Hall–Kier alpha value is -4.02. The van der Waals surface area contributed by atoms with Crippen LogP contribution in [0.3, 0.4) is 0 Å². The lowest BCUT2D eigenvalue weighted by molar-refractivity contribution is 0.0277. The zero-order chi connectivity index (χ0) is 47.7. The lowest BCUT2D eigenvalue weighted by Crippen LogP contribution is -2.39. The average Bonchev–Trinajstić information content (AvgIpc) is 3.68. The van der Waals surface area contributed by atoms with Gasteiger partial charge in [0.2, 0.25) is 0 Å². The molecule has 4 aliphatic heterocycles. The Kier molecular flexibility index (Phi) is 18.5. The van der Waals surface area contributed by atoms with Crippen molar-refractivity contribution in [1.82, 2.24) is 9.80 Å². The molecule has 3 aliphatic carbocycles. The summed E-state index contributed by atoms with van der Waals surface area (Å²) < 4.78 is 33.3. The number of hydrogen-bond donors (Lipinski definition) is 0. The predicted octanol–water partition coefficient (Wildman–Crippen LogP) is 13.1. The van der Waals surface area contributed by atoms with Crippen LogP contribution in [-0.4, -0.2) is 61.4 Å². The van der Waals surface area contributed by atoms with Gasteiger partial charge in [0.05, 0.1) is 25.4 Å². The van der Waals surface area contributed by atoms with Gasteiger partial charge in [0, 0.05) is 42.7 Å². The summed E-state index contributed by atoms with van der Waals surface area (Å²) in [6, 6.07) is 9.39. The van der Waals surface area contributed by atoms with E-state index in [0.717, 1.165) is 88.0 Å². The molecular formula is C55H84N4O5. The SMILES string of the molecule is CC.CC.CC.CC.CC.CC1=CC(C#N)C2=C(Oc3cc4c(c(CN5CCCCC5)c3O2)C2(CC4(C)C)CC(C)(C)c3cc4c(c(CN5CCOCC5)c32)OC(C)C(C)O4)C1C#N. The zero-order valence-corrected chi connectivity index (χ0v) is 43.1. The van der Waals surface area contributed by atoms with Gasteiger partial charge in [-0.2, -0.15) is 10.5 Å². The number of benzene rings is 2. The van der Waals surface area contributed by atoms with Crippen molar-refractivity contribution < 1.29 is 23.7 Å². The van der Waals surface area contributed by atoms with Gasteiger partial charge in [-0.15, -0.1) is 0 Å². The number of morpholine rings is 1. The number of allylic oxidation sites excluding steroid dienone is 2. The maximum absolute atomic E-state index is 10.4. The van der Waals surface area contributed by atoms with Gasteiger partial charge in [-0.3, -0.25) is 9.80 Å². The van der Waals surface area contributed by atoms with Gasteiger partial charge in [0.15, 0.2) is 34.5 Å². The molecule has 0 N–H and O–H groups in total. The highest BCUT2D eigenvalue weighted by Crippen LogP contribution is 2.68. The molecule has 354 valence electrons. The molecule has 5 unspecified atom stereocenters. The third-order valence-corrected chi connectivity index (χ3v) is 13.6. The number of ether oxygens (including phenoxy) is 5. The summed E-state index contributed by atoms with van der Waals surface area (Å²) in [5.74, 6) is 2.81. The number of likely N-dealkylation sites (tertiary alicyclic amines) is 1. The molecule has 0 amide bonds. The molecular weight excluding hydrogens is 797 g/mol. The first-order valence-electron chi connectivity index (χ1n) is 25.2. The largest absolute Gasteiger partial charge is 0.483 e. The Morgan fingerprint density at radius 3 is 1.66 bits per heavy atom. The molecule has 0 aromatic heterocycles. The molecule has 2 fully saturated rings. The van der Waals surface area contributed by atoms with Crippen LogP contribution in [0, 0.1) is 34.5 Å². The molecule has 9 nitrogen and oxygen atoms in total. The fourth-order valence-electron chi connectivity index (χ4n) is 11.0. The van der Waals surface area contributed by atoms with Crippen LogP contribution >= 0.6 is 0 Å². The highest BCUT2D eigenvalue weighted by atomic mass is 16.6. The molecule has 7 aliphatic rings. The van der Waals surface area contributed by atoms with Crippen molar-refractivity contribution >= 4 is 0 Å². The Morgan fingerprint density at radius 1 is 0.625 bits per heavy atom. The second kappa shape index (κ2) is 22.4. The van der Waals surface area contributed by atoms with Crippen LogP contribution in [0.4, 0.5) is 0 Å². The topological polar surface area (TPSA) is 100 Å². The summed E-state index contributed by atoms with van der Waals surface area (Å²) in [6.45, 7) is 42.4. The maximum atomic E-state index is 10.4. The Balaban J connectivity index is 0.000000842. The van der Waals surface area contributed by atoms with E-state index < -0.39 is 11.8 Å². The molecule has 9 heteroatoms. The summed E-state index contributed by atoms with van der Waals surface area (Å²) in [7, 11) is 0.